The van der Waals surface area contributed by atoms with E-state index >= 15 is 0 Å². The number of hydrogen-bond acceptors (Lipinski definition) is 7. The third-order valence-electron chi connectivity index (χ3n) is 3.71. The minimum atomic E-state index is -0.777. The van der Waals surface area contributed by atoms with Crippen LogP contribution in [0, 0.1) is 22.9 Å². The number of nitrogens with zero attached hydrogens (tertiary/aromatic N) is 2. The van der Waals surface area contributed by atoms with Crippen LogP contribution in [0.15, 0.2) is 40.3 Å². The summed E-state index contributed by atoms with van der Waals surface area (Å²) < 4.78 is 18.9. The number of furan rings is 1. The molecule has 2 N–H and O–H groups in total. The summed E-state index contributed by atoms with van der Waals surface area (Å²) in [6.45, 7) is 1.35. The summed E-state index contributed by atoms with van der Waals surface area (Å²) in [4.78, 5) is 38.5. The number of nitro groups is 1. The predicted octanol–water partition coefficient (Wildman–Crippen LogP) is 3.53. The Bertz CT molecular complexity index is 1050. The third kappa shape index (κ3) is 4.20. The van der Waals surface area contributed by atoms with Gasteiger partial charge >= 0.3 is 0 Å². The van der Waals surface area contributed by atoms with Gasteiger partial charge in [-0.15, -0.1) is 11.3 Å². The average Bonchev–Trinajstić information content (AvgIpc) is 3.30. The molecular weight excluding hydrogens is 391 g/mol. The zero-order valence-electron chi connectivity index (χ0n) is 14.4. The molecule has 0 fully saturated rings. The molecular formula is C17H13FN4O5S. The number of anilines is 2. The van der Waals surface area contributed by atoms with Crippen LogP contribution in [0.2, 0.25) is 0 Å². The van der Waals surface area contributed by atoms with E-state index in [0.29, 0.717) is 5.69 Å². The Morgan fingerprint density at radius 3 is 2.79 bits per heavy atom. The van der Waals surface area contributed by atoms with E-state index in [4.69, 9.17) is 4.42 Å². The molecule has 0 aliphatic heterocycles. The van der Waals surface area contributed by atoms with E-state index in [1.165, 1.54) is 19.3 Å². The Hall–Kier alpha value is -3.60. The first kappa shape index (κ1) is 19.2. The maximum absolute atomic E-state index is 14.0. The second kappa shape index (κ2) is 7.96. The van der Waals surface area contributed by atoms with Gasteiger partial charge in [-0.3, -0.25) is 25.0 Å². The summed E-state index contributed by atoms with van der Waals surface area (Å²) in [5.41, 5.74) is -0.183. The van der Waals surface area contributed by atoms with Crippen molar-refractivity contribution in [3.05, 3.63) is 68.9 Å². The van der Waals surface area contributed by atoms with Crippen molar-refractivity contribution in [1.29, 1.82) is 0 Å². The molecule has 2 heterocycles. The Kier molecular flexibility index (Phi) is 5.45. The van der Waals surface area contributed by atoms with Crippen molar-refractivity contribution in [2.24, 2.45) is 0 Å². The standard InChI is InChI=1S/C17H13FN4O5S/c1-9-12(22(25)26)5-4-11(18)15(9)20-14(23)7-10-8-28-17(19-10)21-16(24)13-3-2-6-27-13/h2-6,8H,7H2,1H3,(H,20,23)(H,19,21,24). The van der Waals surface area contributed by atoms with Crippen LogP contribution >= 0.6 is 11.3 Å². The fourth-order valence-electron chi connectivity index (χ4n) is 2.38. The molecule has 0 unspecified atom stereocenters. The summed E-state index contributed by atoms with van der Waals surface area (Å²) in [7, 11) is 0. The molecule has 0 saturated carbocycles. The summed E-state index contributed by atoms with van der Waals surface area (Å²) in [6.07, 6.45) is 1.16. The monoisotopic (exact) mass is 404 g/mol. The Balaban J connectivity index is 1.66. The number of nitro benzene ring substituents is 1. The van der Waals surface area contributed by atoms with E-state index in [1.54, 1.807) is 11.4 Å². The molecule has 0 radical (unpaired) electrons. The molecule has 0 spiro atoms. The zero-order chi connectivity index (χ0) is 20.3. The molecule has 0 bridgehead atoms. The lowest BCUT2D eigenvalue weighted by Crippen LogP contribution is -2.17. The molecule has 1 aromatic carbocycles. The number of carbonyl (C=O) groups is 2. The van der Waals surface area contributed by atoms with Crippen LogP contribution in [-0.4, -0.2) is 21.7 Å². The van der Waals surface area contributed by atoms with Crippen molar-refractivity contribution in [3.8, 4) is 0 Å². The second-order valence-electron chi connectivity index (χ2n) is 5.62. The number of halogens is 1. The fourth-order valence-corrected chi connectivity index (χ4v) is 3.08. The van der Waals surface area contributed by atoms with Gasteiger partial charge in [-0.2, -0.15) is 0 Å². The van der Waals surface area contributed by atoms with E-state index in [1.807, 2.05) is 0 Å². The predicted molar refractivity (Wildman–Crippen MR) is 98.9 cm³/mol. The molecule has 3 aromatic rings. The van der Waals surface area contributed by atoms with Gasteiger partial charge in [0.05, 0.1) is 34.6 Å². The van der Waals surface area contributed by atoms with Crippen LogP contribution in [0.4, 0.5) is 20.9 Å². The number of thiazole rings is 1. The molecule has 144 valence electrons. The third-order valence-corrected chi connectivity index (χ3v) is 4.51. The molecule has 0 saturated heterocycles. The van der Waals surface area contributed by atoms with Crippen molar-refractivity contribution in [3.63, 3.8) is 0 Å². The van der Waals surface area contributed by atoms with E-state index in [0.717, 1.165) is 23.5 Å². The molecule has 0 atom stereocenters. The fraction of sp³-hybridized carbons (Fsp3) is 0.118. The van der Waals surface area contributed by atoms with Crippen molar-refractivity contribution >= 4 is 39.7 Å². The minimum absolute atomic E-state index is 0.0167. The number of carbonyl (C=O) groups excluding carboxylic acids is 2. The molecule has 11 heteroatoms. The van der Waals surface area contributed by atoms with Gasteiger partial charge in [0.1, 0.15) is 5.82 Å². The first-order chi connectivity index (χ1) is 13.3. The first-order valence-corrected chi connectivity index (χ1v) is 8.75. The van der Waals surface area contributed by atoms with Gasteiger partial charge in [0.2, 0.25) is 5.91 Å². The van der Waals surface area contributed by atoms with Crippen LogP contribution in [0.3, 0.4) is 0 Å². The van der Waals surface area contributed by atoms with Crippen LogP contribution in [0.25, 0.3) is 0 Å². The van der Waals surface area contributed by atoms with Gasteiger partial charge in [0.15, 0.2) is 10.9 Å². The Morgan fingerprint density at radius 1 is 1.32 bits per heavy atom. The van der Waals surface area contributed by atoms with Crippen molar-refractivity contribution < 1.29 is 23.3 Å². The number of nitrogens with one attached hydrogen (secondary N) is 2. The highest BCUT2D eigenvalue weighted by Crippen LogP contribution is 2.28. The van der Waals surface area contributed by atoms with E-state index < -0.39 is 22.6 Å². The summed E-state index contributed by atoms with van der Waals surface area (Å²) in [5, 5.41) is 17.7. The van der Waals surface area contributed by atoms with Crippen LogP contribution < -0.4 is 10.6 Å². The normalized spacial score (nSPS) is 10.5. The lowest BCUT2D eigenvalue weighted by molar-refractivity contribution is -0.385. The van der Waals surface area contributed by atoms with Gasteiger partial charge in [0.25, 0.3) is 11.6 Å². The number of rotatable bonds is 6. The number of aromatic nitrogens is 1. The maximum atomic E-state index is 14.0. The molecule has 0 aliphatic rings. The van der Waals surface area contributed by atoms with Gasteiger partial charge in [-0.25, -0.2) is 9.37 Å². The lowest BCUT2D eigenvalue weighted by Gasteiger charge is -2.09. The van der Waals surface area contributed by atoms with Gasteiger partial charge < -0.3 is 9.73 Å². The van der Waals surface area contributed by atoms with Crippen LogP contribution in [-0.2, 0) is 11.2 Å². The molecule has 2 amide bonds. The second-order valence-corrected chi connectivity index (χ2v) is 6.48. The minimum Gasteiger partial charge on any atom is -0.459 e. The number of hydrogen-bond donors (Lipinski definition) is 2. The SMILES string of the molecule is Cc1c([N+](=O)[O-])ccc(F)c1NC(=O)Cc1csc(NC(=O)c2ccco2)n1. The molecule has 28 heavy (non-hydrogen) atoms. The van der Waals surface area contributed by atoms with Crippen LogP contribution in [0.5, 0.6) is 0 Å². The van der Waals surface area contributed by atoms with Crippen LogP contribution in [0.1, 0.15) is 21.8 Å². The highest BCUT2D eigenvalue weighted by atomic mass is 32.1. The van der Waals surface area contributed by atoms with Gasteiger partial charge in [0, 0.05) is 11.4 Å². The molecule has 0 aliphatic carbocycles. The topological polar surface area (TPSA) is 127 Å². The van der Waals surface area contributed by atoms with Crippen molar-refractivity contribution in [2.75, 3.05) is 10.6 Å². The number of amides is 2. The largest absolute Gasteiger partial charge is 0.459 e. The Labute approximate surface area is 161 Å². The first-order valence-electron chi connectivity index (χ1n) is 7.87. The van der Waals surface area contributed by atoms with Gasteiger partial charge in [-0.05, 0) is 25.1 Å². The summed E-state index contributed by atoms with van der Waals surface area (Å²) in [6, 6.07) is 5.02. The molecule has 9 nitrogen and oxygen atoms in total. The molecule has 2 aromatic heterocycles. The van der Waals surface area contributed by atoms with Crippen molar-refractivity contribution in [2.45, 2.75) is 13.3 Å². The summed E-state index contributed by atoms with van der Waals surface area (Å²) in [5.74, 6) is -1.74. The smallest absolute Gasteiger partial charge is 0.293 e. The Morgan fingerprint density at radius 2 is 2.11 bits per heavy atom. The average molecular weight is 404 g/mol. The highest BCUT2D eigenvalue weighted by Gasteiger charge is 2.20. The maximum Gasteiger partial charge on any atom is 0.293 e. The molecule has 3 rings (SSSR count). The number of benzene rings is 1. The quantitative estimate of drug-likeness (QED) is 0.478. The summed E-state index contributed by atoms with van der Waals surface area (Å²) >= 11 is 1.11. The highest BCUT2D eigenvalue weighted by molar-refractivity contribution is 7.14. The van der Waals surface area contributed by atoms with Crippen molar-refractivity contribution in [1.82, 2.24) is 4.98 Å². The van der Waals surface area contributed by atoms with E-state index in [2.05, 4.69) is 15.6 Å². The zero-order valence-corrected chi connectivity index (χ0v) is 15.2. The lowest BCUT2D eigenvalue weighted by atomic mass is 10.1. The van der Waals surface area contributed by atoms with Gasteiger partial charge in [-0.1, -0.05) is 0 Å². The van der Waals surface area contributed by atoms with E-state index in [-0.39, 0.29) is 34.3 Å². The van der Waals surface area contributed by atoms with E-state index in [9.17, 15) is 24.1 Å².